The van der Waals surface area contributed by atoms with Gasteiger partial charge in [-0.2, -0.15) is 0 Å². The summed E-state index contributed by atoms with van der Waals surface area (Å²) in [5.41, 5.74) is 0. The van der Waals surface area contributed by atoms with Gasteiger partial charge in [0.05, 0.1) is 26.4 Å². The van der Waals surface area contributed by atoms with Crippen LogP contribution in [0.5, 0.6) is 0 Å². The van der Waals surface area contributed by atoms with Crippen LogP contribution in [0.1, 0.15) is 200 Å². The topological polar surface area (TPSA) is 88.1 Å². The third-order valence-corrected chi connectivity index (χ3v) is 8.26. The van der Waals surface area contributed by atoms with Crippen LogP contribution in [-0.4, -0.2) is 44.5 Å². The highest BCUT2D eigenvalue weighted by Crippen LogP contribution is 2.12. The fourth-order valence-electron chi connectivity index (χ4n) is 5.32. The van der Waals surface area contributed by atoms with Crippen molar-refractivity contribution in [2.24, 2.45) is 0 Å². The Morgan fingerprint density at radius 2 is 0.556 bits per heavy atom. The lowest BCUT2D eigenvalue weighted by molar-refractivity contribution is -0.144. The maximum atomic E-state index is 11.9. The molecule has 0 bridgehead atoms. The summed E-state index contributed by atoms with van der Waals surface area (Å²) >= 11 is 0. The van der Waals surface area contributed by atoms with Gasteiger partial charge in [-0.15, -0.1) is 0 Å². The molecule has 0 unspecified atom stereocenters. The molecule has 7 heteroatoms. The number of carbonyl (C=O) groups excluding carboxylic acids is 3. The molecule has 7 nitrogen and oxygen atoms in total. The van der Waals surface area contributed by atoms with Gasteiger partial charge in [-0.1, -0.05) is 142 Å². The third-order valence-electron chi connectivity index (χ3n) is 8.26. The minimum absolute atomic E-state index is 0.105. The van der Waals surface area contributed by atoms with Gasteiger partial charge in [-0.25, -0.2) is 4.79 Å². The van der Waals surface area contributed by atoms with Crippen LogP contribution in [0.2, 0.25) is 0 Å². The van der Waals surface area contributed by atoms with Crippen molar-refractivity contribution in [1.82, 2.24) is 0 Å². The average molecular weight is 641 g/mol. The van der Waals surface area contributed by atoms with Gasteiger partial charge in [0, 0.05) is 12.8 Å². The summed E-state index contributed by atoms with van der Waals surface area (Å²) in [6.07, 6.45) is 31.2. The molecule has 0 aliphatic rings. The molecule has 0 amide bonds. The van der Waals surface area contributed by atoms with Crippen LogP contribution in [0.4, 0.5) is 4.79 Å². The Labute approximate surface area is 277 Å². The number of ether oxygens (including phenoxy) is 4. The van der Waals surface area contributed by atoms with E-state index in [0.29, 0.717) is 45.7 Å². The van der Waals surface area contributed by atoms with E-state index in [1.165, 1.54) is 103 Å². The highest BCUT2D eigenvalue weighted by Gasteiger charge is 2.06. The number of unbranched alkanes of at least 4 members (excludes halogenated alkanes) is 23. The van der Waals surface area contributed by atoms with E-state index in [1.54, 1.807) is 0 Å². The van der Waals surface area contributed by atoms with E-state index in [9.17, 15) is 14.4 Å². The number of esters is 2. The third kappa shape index (κ3) is 36.6. The molecular weight excluding hydrogens is 568 g/mol. The monoisotopic (exact) mass is 641 g/mol. The summed E-state index contributed by atoms with van der Waals surface area (Å²) < 4.78 is 20.9. The Morgan fingerprint density at radius 3 is 0.889 bits per heavy atom. The van der Waals surface area contributed by atoms with Crippen LogP contribution in [0.15, 0.2) is 0 Å². The van der Waals surface area contributed by atoms with Crippen molar-refractivity contribution in [2.45, 2.75) is 200 Å². The van der Waals surface area contributed by atoms with E-state index >= 15 is 0 Å². The Kier molecular flexibility index (Phi) is 35.2. The first-order valence-corrected chi connectivity index (χ1v) is 19.2. The normalized spacial score (nSPS) is 11.0. The van der Waals surface area contributed by atoms with Crippen LogP contribution in [0.3, 0.4) is 0 Å². The quantitative estimate of drug-likeness (QED) is 0.0387. The maximum Gasteiger partial charge on any atom is 0.508 e. The van der Waals surface area contributed by atoms with Gasteiger partial charge in [-0.3, -0.25) is 9.59 Å². The molecule has 0 aliphatic carbocycles. The molecule has 0 aromatic rings. The van der Waals surface area contributed by atoms with Crippen molar-refractivity contribution in [3.63, 3.8) is 0 Å². The predicted octanol–water partition coefficient (Wildman–Crippen LogP) is 11.6. The van der Waals surface area contributed by atoms with E-state index in [4.69, 9.17) is 18.9 Å². The largest absolute Gasteiger partial charge is 0.508 e. The molecule has 0 rings (SSSR count). The van der Waals surface area contributed by atoms with Crippen molar-refractivity contribution in [3.8, 4) is 0 Å². The molecule has 0 aromatic carbocycles. The van der Waals surface area contributed by atoms with Gasteiger partial charge in [0.2, 0.25) is 0 Å². The van der Waals surface area contributed by atoms with Crippen LogP contribution in [0.25, 0.3) is 0 Å². The standard InChI is InChI=1S/C38H72O7/c1-3-5-7-9-11-13-15-17-20-26-32-42-36(39)30-24-19-22-28-34-44-38(41)45-35-29-23-25-31-37(40)43-33-27-21-18-16-14-12-10-8-6-4-2/h3-35H2,1-2H3. The van der Waals surface area contributed by atoms with Crippen molar-refractivity contribution >= 4 is 18.1 Å². The van der Waals surface area contributed by atoms with Gasteiger partial charge < -0.3 is 18.9 Å². The molecule has 0 saturated carbocycles. The summed E-state index contributed by atoms with van der Waals surface area (Å²) in [5, 5.41) is 0. The summed E-state index contributed by atoms with van der Waals surface area (Å²) in [7, 11) is 0. The first kappa shape index (κ1) is 43.2. The van der Waals surface area contributed by atoms with Gasteiger partial charge in [0.25, 0.3) is 0 Å². The second-order valence-electron chi connectivity index (χ2n) is 12.7. The van der Waals surface area contributed by atoms with Gasteiger partial charge in [0.1, 0.15) is 0 Å². The fourth-order valence-corrected chi connectivity index (χ4v) is 5.32. The zero-order valence-electron chi connectivity index (χ0n) is 29.7. The molecule has 0 atom stereocenters. The lowest BCUT2D eigenvalue weighted by Crippen LogP contribution is -2.10. The molecule has 0 N–H and O–H groups in total. The molecule has 45 heavy (non-hydrogen) atoms. The number of hydrogen-bond donors (Lipinski definition) is 0. The molecule has 0 aliphatic heterocycles. The Bertz CT molecular complexity index is 652. The zero-order valence-corrected chi connectivity index (χ0v) is 29.7. The van der Waals surface area contributed by atoms with Gasteiger partial charge in [0.15, 0.2) is 0 Å². The predicted molar refractivity (Wildman–Crippen MR) is 184 cm³/mol. The molecular formula is C38H72O7. The molecule has 0 spiro atoms. The maximum absolute atomic E-state index is 11.9. The summed E-state index contributed by atoms with van der Waals surface area (Å²) in [4.78, 5) is 35.4. The fraction of sp³-hybridized carbons (Fsp3) is 0.921. The molecule has 0 saturated heterocycles. The Balaban J connectivity index is 3.33. The average Bonchev–Trinajstić information content (AvgIpc) is 3.03. The van der Waals surface area contributed by atoms with E-state index in [-0.39, 0.29) is 11.9 Å². The van der Waals surface area contributed by atoms with Crippen LogP contribution < -0.4 is 0 Å². The molecule has 0 radical (unpaired) electrons. The van der Waals surface area contributed by atoms with Crippen molar-refractivity contribution in [1.29, 1.82) is 0 Å². The van der Waals surface area contributed by atoms with E-state index < -0.39 is 6.16 Å². The molecule has 266 valence electrons. The van der Waals surface area contributed by atoms with E-state index in [0.717, 1.165) is 64.2 Å². The van der Waals surface area contributed by atoms with Gasteiger partial charge in [-0.05, 0) is 44.9 Å². The Hall–Kier alpha value is -1.79. The van der Waals surface area contributed by atoms with E-state index in [2.05, 4.69) is 13.8 Å². The molecule has 0 heterocycles. The first-order chi connectivity index (χ1) is 22.1. The lowest BCUT2D eigenvalue weighted by Gasteiger charge is -2.07. The van der Waals surface area contributed by atoms with Crippen LogP contribution in [0, 0.1) is 0 Å². The summed E-state index contributed by atoms with van der Waals surface area (Å²) in [6.45, 7) is 6.19. The SMILES string of the molecule is CCCCCCCCCCCCOC(=O)CCCCCCOC(=O)OCCCCCC(=O)OCCCCCCCCCCCC. The van der Waals surface area contributed by atoms with Crippen LogP contribution in [-0.2, 0) is 28.5 Å². The summed E-state index contributed by atoms with van der Waals surface area (Å²) in [6, 6.07) is 0. The minimum atomic E-state index is -0.638. The smallest absolute Gasteiger partial charge is 0.466 e. The number of carbonyl (C=O) groups is 3. The lowest BCUT2D eigenvalue weighted by atomic mass is 10.1. The number of hydrogen-bond acceptors (Lipinski definition) is 7. The highest BCUT2D eigenvalue weighted by atomic mass is 16.7. The van der Waals surface area contributed by atoms with E-state index in [1.807, 2.05) is 0 Å². The van der Waals surface area contributed by atoms with Crippen LogP contribution >= 0.6 is 0 Å². The van der Waals surface area contributed by atoms with Crippen molar-refractivity contribution in [2.75, 3.05) is 26.4 Å². The van der Waals surface area contributed by atoms with Crippen molar-refractivity contribution in [3.05, 3.63) is 0 Å². The second kappa shape index (κ2) is 36.7. The highest BCUT2D eigenvalue weighted by molar-refractivity contribution is 5.69. The zero-order chi connectivity index (χ0) is 32.9. The second-order valence-corrected chi connectivity index (χ2v) is 12.7. The minimum Gasteiger partial charge on any atom is -0.466 e. The summed E-state index contributed by atoms with van der Waals surface area (Å²) in [5.74, 6) is -0.237. The molecule has 0 aromatic heterocycles. The van der Waals surface area contributed by atoms with Gasteiger partial charge >= 0.3 is 18.1 Å². The van der Waals surface area contributed by atoms with Crippen molar-refractivity contribution < 1.29 is 33.3 Å². The Morgan fingerprint density at radius 1 is 0.311 bits per heavy atom. The number of rotatable bonds is 35. The first-order valence-electron chi connectivity index (χ1n) is 19.2. The molecule has 0 fully saturated rings.